The summed E-state index contributed by atoms with van der Waals surface area (Å²) in [4.78, 5) is 4.01. The van der Waals surface area contributed by atoms with Crippen molar-refractivity contribution in [3.8, 4) is 0 Å². The molecule has 0 aliphatic heterocycles. The van der Waals surface area contributed by atoms with Gasteiger partial charge in [-0.1, -0.05) is 46.0 Å². The smallest absolute Gasteiger partial charge is 0.0273 e. The predicted octanol–water partition coefficient (Wildman–Crippen LogP) is 4.04. The molecular weight excluding hydrogens is 208 g/mol. The molecule has 0 aliphatic rings. The van der Waals surface area contributed by atoms with Crippen LogP contribution in [0, 0.1) is 11.8 Å². The Bertz CT molecular complexity index is 178. The number of rotatable bonds is 11. The molecule has 0 aromatic heterocycles. The summed E-state index contributed by atoms with van der Waals surface area (Å²) in [5.74, 6) is 1.52. The van der Waals surface area contributed by atoms with Gasteiger partial charge in [-0.25, -0.2) is 0 Å². The molecule has 0 amide bonds. The first kappa shape index (κ1) is 16.6. The van der Waals surface area contributed by atoms with Gasteiger partial charge in [0.2, 0.25) is 0 Å². The number of aliphatic imine (C=N–C) groups is 1. The maximum Gasteiger partial charge on any atom is 0.0273 e. The lowest BCUT2D eigenvalue weighted by atomic mass is 9.85. The molecule has 17 heavy (non-hydrogen) atoms. The second-order valence-corrected chi connectivity index (χ2v) is 5.19. The predicted molar refractivity (Wildman–Crippen MR) is 78.7 cm³/mol. The molecule has 102 valence electrons. The molecule has 2 unspecified atom stereocenters. The van der Waals surface area contributed by atoms with Crippen LogP contribution in [0.1, 0.15) is 65.2 Å². The Balaban J connectivity index is 3.65. The van der Waals surface area contributed by atoms with Crippen molar-refractivity contribution >= 4 is 6.21 Å². The van der Waals surface area contributed by atoms with Crippen LogP contribution in [0.3, 0.4) is 0 Å². The third kappa shape index (κ3) is 9.34. The topological polar surface area (TPSA) is 38.4 Å². The maximum absolute atomic E-state index is 5.89. The van der Waals surface area contributed by atoms with E-state index in [2.05, 4.69) is 18.8 Å². The summed E-state index contributed by atoms with van der Waals surface area (Å²) in [5, 5.41) is 0. The van der Waals surface area contributed by atoms with E-state index in [4.69, 9.17) is 5.73 Å². The van der Waals surface area contributed by atoms with E-state index >= 15 is 0 Å². The van der Waals surface area contributed by atoms with Gasteiger partial charge >= 0.3 is 0 Å². The fraction of sp³-hybridized carbons (Fsp3) is 0.933. The molecular formula is C15H32N2. The lowest BCUT2D eigenvalue weighted by Gasteiger charge is -2.22. The molecule has 2 N–H and O–H groups in total. The molecule has 0 radical (unpaired) electrons. The average molecular weight is 240 g/mol. The minimum absolute atomic E-state index is 0.727. The van der Waals surface area contributed by atoms with Crippen LogP contribution in [-0.2, 0) is 0 Å². The Morgan fingerprint density at radius 2 is 1.82 bits per heavy atom. The standard InChI is InChI=1S/C15H32N2/c1-4-5-7-10-14(2)15(13-16)11-8-6-9-12-17-3/h12,14-15H,4-11,13,16H2,1-3H3. The van der Waals surface area contributed by atoms with Crippen molar-refractivity contribution in [1.82, 2.24) is 0 Å². The molecule has 0 aromatic rings. The minimum atomic E-state index is 0.727. The van der Waals surface area contributed by atoms with Crippen LogP contribution in [0.2, 0.25) is 0 Å². The van der Waals surface area contributed by atoms with E-state index in [1.807, 2.05) is 13.3 Å². The highest BCUT2D eigenvalue weighted by atomic mass is 14.6. The van der Waals surface area contributed by atoms with Crippen molar-refractivity contribution in [3.05, 3.63) is 0 Å². The van der Waals surface area contributed by atoms with E-state index in [1.54, 1.807) is 0 Å². The monoisotopic (exact) mass is 240 g/mol. The van der Waals surface area contributed by atoms with Gasteiger partial charge in [-0.05, 0) is 43.9 Å². The van der Waals surface area contributed by atoms with E-state index in [1.165, 1.54) is 44.9 Å². The molecule has 0 saturated heterocycles. The summed E-state index contributed by atoms with van der Waals surface area (Å²) >= 11 is 0. The number of unbranched alkanes of at least 4 members (excludes halogenated alkanes) is 4. The first-order chi connectivity index (χ1) is 8.26. The van der Waals surface area contributed by atoms with Crippen LogP contribution in [-0.4, -0.2) is 19.8 Å². The molecule has 0 spiro atoms. The fourth-order valence-corrected chi connectivity index (χ4v) is 2.36. The Morgan fingerprint density at radius 3 is 2.41 bits per heavy atom. The van der Waals surface area contributed by atoms with Gasteiger partial charge in [0.05, 0.1) is 0 Å². The molecule has 2 atom stereocenters. The fourth-order valence-electron chi connectivity index (χ4n) is 2.36. The molecule has 0 heterocycles. The Labute approximate surface area is 108 Å². The van der Waals surface area contributed by atoms with E-state index in [9.17, 15) is 0 Å². The number of hydrogen-bond acceptors (Lipinski definition) is 2. The highest BCUT2D eigenvalue weighted by Gasteiger charge is 2.14. The molecule has 0 aromatic carbocycles. The van der Waals surface area contributed by atoms with Crippen LogP contribution in [0.15, 0.2) is 4.99 Å². The number of nitrogens with zero attached hydrogens (tertiary/aromatic N) is 1. The second-order valence-electron chi connectivity index (χ2n) is 5.19. The van der Waals surface area contributed by atoms with Gasteiger partial charge in [0.25, 0.3) is 0 Å². The van der Waals surface area contributed by atoms with Gasteiger partial charge < -0.3 is 10.7 Å². The van der Waals surface area contributed by atoms with Gasteiger partial charge in [-0.3, -0.25) is 0 Å². The highest BCUT2D eigenvalue weighted by Crippen LogP contribution is 2.23. The Hall–Kier alpha value is -0.370. The average Bonchev–Trinajstić information content (AvgIpc) is 2.34. The van der Waals surface area contributed by atoms with Crippen LogP contribution in [0.5, 0.6) is 0 Å². The first-order valence-corrected chi connectivity index (χ1v) is 7.36. The highest BCUT2D eigenvalue weighted by molar-refractivity contribution is 5.56. The van der Waals surface area contributed by atoms with E-state index in [-0.39, 0.29) is 0 Å². The molecule has 0 saturated carbocycles. The van der Waals surface area contributed by atoms with Gasteiger partial charge in [0.1, 0.15) is 0 Å². The van der Waals surface area contributed by atoms with Crippen LogP contribution >= 0.6 is 0 Å². The summed E-state index contributed by atoms with van der Waals surface area (Å²) in [5.41, 5.74) is 5.89. The summed E-state index contributed by atoms with van der Waals surface area (Å²) in [6, 6.07) is 0. The van der Waals surface area contributed by atoms with Crippen LogP contribution < -0.4 is 5.73 Å². The van der Waals surface area contributed by atoms with Crippen molar-refractivity contribution in [2.45, 2.75) is 65.2 Å². The number of hydrogen-bond donors (Lipinski definition) is 1. The molecule has 2 heteroatoms. The third-order valence-electron chi connectivity index (χ3n) is 3.71. The molecule has 0 aliphatic carbocycles. The largest absolute Gasteiger partial charge is 0.330 e. The van der Waals surface area contributed by atoms with Gasteiger partial charge in [-0.15, -0.1) is 0 Å². The molecule has 0 rings (SSSR count). The van der Waals surface area contributed by atoms with Crippen molar-refractivity contribution in [2.75, 3.05) is 13.6 Å². The van der Waals surface area contributed by atoms with Crippen molar-refractivity contribution in [2.24, 2.45) is 22.6 Å². The lowest BCUT2D eigenvalue weighted by molar-refractivity contribution is 0.309. The lowest BCUT2D eigenvalue weighted by Crippen LogP contribution is -2.21. The van der Waals surface area contributed by atoms with Crippen LogP contribution in [0.25, 0.3) is 0 Å². The summed E-state index contributed by atoms with van der Waals surface area (Å²) in [6.45, 7) is 5.50. The maximum atomic E-state index is 5.89. The van der Waals surface area contributed by atoms with Gasteiger partial charge in [0, 0.05) is 7.05 Å². The summed E-state index contributed by atoms with van der Waals surface area (Å²) in [6.07, 6.45) is 12.4. The normalized spacial score (nSPS) is 15.3. The molecule has 0 fully saturated rings. The number of nitrogens with two attached hydrogens (primary N) is 1. The van der Waals surface area contributed by atoms with E-state index < -0.39 is 0 Å². The Morgan fingerprint density at radius 1 is 1.12 bits per heavy atom. The van der Waals surface area contributed by atoms with E-state index in [0.29, 0.717) is 0 Å². The van der Waals surface area contributed by atoms with Crippen molar-refractivity contribution in [3.63, 3.8) is 0 Å². The van der Waals surface area contributed by atoms with Crippen LogP contribution in [0.4, 0.5) is 0 Å². The summed E-state index contributed by atoms with van der Waals surface area (Å²) < 4.78 is 0. The van der Waals surface area contributed by atoms with Gasteiger partial charge in [-0.2, -0.15) is 0 Å². The van der Waals surface area contributed by atoms with E-state index in [0.717, 1.165) is 24.8 Å². The zero-order valence-corrected chi connectivity index (χ0v) is 12.1. The molecule has 0 bridgehead atoms. The zero-order valence-electron chi connectivity index (χ0n) is 12.1. The van der Waals surface area contributed by atoms with Crippen molar-refractivity contribution < 1.29 is 0 Å². The first-order valence-electron chi connectivity index (χ1n) is 7.36. The summed E-state index contributed by atoms with van der Waals surface area (Å²) in [7, 11) is 1.85. The quantitative estimate of drug-likeness (QED) is 0.429. The van der Waals surface area contributed by atoms with Crippen molar-refractivity contribution in [1.29, 1.82) is 0 Å². The minimum Gasteiger partial charge on any atom is -0.330 e. The molecule has 2 nitrogen and oxygen atoms in total. The second kappa shape index (κ2) is 12.1. The third-order valence-corrected chi connectivity index (χ3v) is 3.71. The zero-order chi connectivity index (χ0) is 12.9. The Kier molecular flexibility index (Phi) is 11.8. The van der Waals surface area contributed by atoms with Gasteiger partial charge in [0.15, 0.2) is 0 Å². The SMILES string of the molecule is CCCCCC(C)C(CN)CCCCC=NC.